The lowest BCUT2D eigenvalue weighted by Gasteiger charge is -2.52. The van der Waals surface area contributed by atoms with Crippen molar-refractivity contribution in [1.29, 1.82) is 0 Å². The summed E-state index contributed by atoms with van der Waals surface area (Å²) in [6.45, 7) is 6.29. The van der Waals surface area contributed by atoms with Gasteiger partial charge in [-0.2, -0.15) is 0 Å². The third-order valence-electron chi connectivity index (χ3n) is 4.85. The fourth-order valence-corrected chi connectivity index (χ4v) is 3.14. The number of rotatable bonds is 7. The molecule has 1 aliphatic heterocycles. The summed E-state index contributed by atoms with van der Waals surface area (Å²) in [7, 11) is 0. The standard InChI is InChI=1S/C17H25NO2/c1-3-17(4-2)12-18(13-17)15(16(19)20)11-10-14-8-6-5-7-9-14/h5-9,15H,3-4,10-13H2,1-2H3,(H,19,20). The van der Waals surface area contributed by atoms with Crippen LogP contribution in [0.15, 0.2) is 30.3 Å². The molecule has 1 aromatic carbocycles. The first-order valence-electron chi connectivity index (χ1n) is 7.61. The fraction of sp³-hybridized carbons (Fsp3) is 0.588. The molecule has 1 unspecified atom stereocenters. The van der Waals surface area contributed by atoms with Crippen LogP contribution in [0.4, 0.5) is 0 Å². The molecule has 0 saturated carbocycles. The summed E-state index contributed by atoms with van der Waals surface area (Å²) in [6, 6.07) is 9.81. The van der Waals surface area contributed by atoms with Crippen LogP contribution in [0.1, 0.15) is 38.7 Å². The fourth-order valence-electron chi connectivity index (χ4n) is 3.14. The number of aliphatic carboxylic acids is 1. The predicted molar refractivity (Wildman–Crippen MR) is 80.8 cm³/mol. The van der Waals surface area contributed by atoms with Crippen molar-refractivity contribution >= 4 is 5.97 Å². The van der Waals surface area contributed by atoms with Gasteiger partial charge in [0.05, 0.1) is 0 Å². The van der Waals surface area contributed by atoms with Crippen LogP contribution in [-0.4, -0.2) is 35.1 Å². The molecule has 3 nitrogen and oxygen atoms in total. The molecular weight excluding hydrogens is 250 g/mol. The minimum atomic E-state index is -0.679. The Labute approximate surface area is 121 Å². The first-order chi connectivity index (χ1) is 9.60. The van der Waals surface area contributed by atoms with Crippen molar-refractivity contribution in [2.75, 3.05) is 13.1 Å². The van der Waals surface area contributed by atoms with E-state index in [1.807, 2.05) is 18.2 Å². The molecule has 20 heavy (non-hydrogen) atoms. The van der Waals surface area contributed by atoms with Gasteiger partial charge in [-0.25, -0.2) is 0 Å². The van der Waals surface area contributed by atoms with Gasteiger partial charge in [0, 0.05) is 13.1 Å². The van der Waals surface area contributed by atoms with Crippen LogP contribution in [0.2, 0.25) is 0 Å². The molecule has 1 aromatic rings. The molecular formula is C17H25NO2. The molecule has 0 aliphatic carbocycles. The lowest BCUT2D eigenvalue weighted by molar-refractivity contribution is -0.150. The Balaban J connectivity index is 1.91. The van der Waals surface area contributed by atoms with Gasteiger partial charge < -0.3 is 5.11 Å². The largest absolute Gasteiger partial charge is 0.480 e. The molecule has 3 heteroatoms. The highest BCUT2D eigenvalue weighted by atomic mass is 16.4. The third kappa shape index (κ3) is 3.21. The molecule has 1 aliphatic rings. The number of aryl methyl sites for hydroxylation is 1. The van der Waals surface area contributed by atoms with Crippen molar-refractivity contribution in [2.45, 2.75) is 45.6 Å². The monoisotopic (exact) mass is 275 g/mol. The average molecular weight is 275 g/mol. The Morgan fingerprint density at radius 2 is 1.85 bits per heavy atom. The zero-order chi connectivity index (χ0) is 14.6. The Morgan fingerprint density at radius 1 is 1.25 bits per heavy atom. The van der Waals surface area contributed by atoms with Crippen molar-refractivity contribution in [3.8, 4) is 0 Å². The van der Waals surface area contributed by atoms with Gasteiger partial charge in [-0.15, -0.1) is 0 Å². The van der Waals surface area contributed by atoms with E-state index >= 15 is 0 Å². The van der Waals surface area contributed by atoms with Gasteiger partial charge in [0.25, 0.3) is 0 Å². The van der Waals surface area contributed by atoms with E-state index in [0.29, 0.717) is 11.8 Å². The first-order valence-corrected chi connectivity index (χ1v) is 7.61. The molecule has 0 bridgehead atoms. The maximum atomic E-state index is 11.5. The highest BCUT2D eigenvalue weighted by molar-refractivity contribution is 5.73. The molecule has 1 atom stereocenters. The minimum absolute atomic E-state index is 0.332. The number of benzene rings is 1. The Morgan fingerprint density at radius 3 is 2.35 bits per heavy atom. The summed E-state index contributed by atoms with van der Waals surface area (Å²) in [4.78, 5) is 13.6. The SMILES string of the molecule is CCC1(CC)CN(C(CCc2ccccc2)C(=O)O)C1. The Bertz CT molecular complexity index is 432. The van der Waals surface area contributed by atoms with Crippen molar-refractivity contribution in [3.63, 3.8) is 0 Å². The van der Waals surface area contributed by atoms with E-state index in [-0.39, 0.29) is 6.04 Å². The molecule has 0 radical (unpaired) electrons. The summed E-state index contributed by atoms with van der Waals surface area (Å²) < 4.78 is 0. The van der Waals surface area contributed by atoms with Crippen LogP contribution in [0, 0.1) is 5.41 Å². The van der Waals surface area contributed by atoms with Gasteiger partial charge in [0.2, 0.25) is 0 Å². The number of hydrogen-bond donors (Lipinski definition) is 1. The molecule has 110 valence electrons. The van der Waals surface area contributed by atoms with Crippen LogP contribution in [0.3, 0.4) is 0 Å². The molecule has 0 amide bonds. The maximum Gasteiger partial charge on any atom is 0.320 e. The quantitative estimate of drug-likeness (QED) is 0.830. The van der Waals surface area contributed by atoms with Crippen LogP contribution >= 0.6 is 0 Å². The second kappa shape index (κ2) is 6.40. The maximum absolute atomic E-state index is 11.5. The van der Waals surface area contributed by atoms with Gasteiger partial charge in [-0.3, -0.25) is 9.69 Å². The highest BCUT2D eigenvalue weighted by Crippen LogP contribution is 2.38. The lowest BCUT2D eigenvalue weighted by atomic mass is 9.74. The van der Waals surface area contributed by atoms with Crippen molar-refractivity contribution in [1.82, 2.24) is 4.90 Å². The number of likely N-dealkylation sites (tertiary alicyclic amines) is 1. The molecule has 1 heterocycles. The van der Waals surface area contributed by atoms with Crippen LogP contribution in [-0.2, 0) is 11.2 Å². The summed E-state index contributed by atoms with van der Waals surface area (Å²) in [5.41, 5.74) is 1.58. The highest BCUT2D eigenvalue weighted by Gasteiger charge is 2.44. The van der Waals surface area contributed by atoms with Gasteiger partial charge in [-0.05, 0) is 36.7 Å². The van der Waals surface area contributed by atoms with E-state index in [4.69, 9.17) is 0 Å². The van der Waals surface area contributed by atoms with E-state index in [1.54, 1.807) is 0 Å². The zero-order valence-corrected chi connectivity index (χ0v) is 12.5. The third-order valence-corrected chi connectivity index (χ3v) is 4.85. The van der Waals surface area contributed by atoms with Crippen molar-refractivity contribution in [3.05, 3.63) is 35.9 Å². The topological polar surface area (TPSA) is 40.5 Å². The summed E-state index contributed by atoms with van der Waals surface area (Å²) in [6.07, 6.45) is 3.82. The number of hydrogen-bond acceptors (Lipinski definition) is 2. The van der Waals surface area contributed by atoms with Gasteiger partial charge in [0.15, 0.2) is 0 Å². The summed E-state index contributed by atoms with van der Waals surface area (Å²) in [5.74, 6) is -0.679. The molecule has 1 saturated heterocycles. The zero-order valence-electron chi connectivity index (χ0n) is 12.5. The number of nitrogens with zero attached hydrogens (tertiary/aromatic N) is 1. The molecule has 1 N–H and O–H groups in total. The van der Waals surface area contributed by atoms with Crippen LogP contribution in [0.25, 0.3) is 0 Å². The number of carbonyl (C=O) groups is 1. The van der Waals surface area contributed by atoms with Crippen LogP contribution < -0.4 is 0 Å². The van der Waals surface area contributed by atoms with Crippen molar-refractivity contribution < 1.29 is 9.90 Å². The normalized spacial score (nSPS) is 19.3. The average Bonchev–Trinajstić information content (AvgIpc) is 2.42. The van der Waals surface area contributed by atoms with Crippen LogP contribution in [0.5, 0.6) is 0 Å². The summed E-state index contributed by atoms with van der Waals surface area (Å²) >= 11 is 0. The first kappa shape index (κ1) is 15.0. The summed E-state index contributed by atoms with van der Waals surface area (Å²) in [5, 5.41) is 9.46. The van der Waals surface area contributed by atoms with E-state index in [1.165, 1.54) is 5.56 Å². The van der Waals surface area contributed by atoms with Gasteiger partial charge in [-0.1, -0.05) is 44.2 Å². The second-order valence-corrected chi connectivity index (χ2v) is 5.99. The smallest absolute Gasteiger partial charge is 0.320 e. The Hall–Kier alpha value is -1.35. The lowest BCUT2D eigenvalue weighted by Crippen LogP contribution is -2.61. The van der Waals surface area contributed by atoms with E-state index in [2.05, 4.69) is 30.9 Å². The second-order valence-electron chi connectivity index (χ2n) is 5.99. The van der Waals surface area contributed by atoms with Gasteiger partial charge >= 0.3 is 5.97 Å². The molecule has 1 fully saturated rings. The van der Waals surface area contributed by atoms with Crippen molar-refractivity contribution in [2.24, 2.45) is 5.41 Å². The molecule has 0 spiro atoms. The van der Waals surface area contributed by atoms with Gasteiger partial charge in [0.1, 0.15) is 6.04 Å². The number of carboxylic acid groups (broad SMARTS) is 1. The van der Waals surface area contributed by atoms with E-state index in [9.17, 15) is 9.90 Å². The minimum Gasteiger partial charge on any atom is -0.480 e. The van der Waals surface area contributed by atoms with E-state index < -0.39 is 5.97 Å². The molecule has 2 rings (SSSR count). The Kier molecular flexibility index (Phi) is 4.81. The number of carboxylic acids is 1. The van der Waals surface area contributed by atoms with E-state index in [0.717, 1.165) is 32.4 Å². The predicted octanol–water partition coefficient (Wildman–Crippen LogP) is 3.19. The molecule has 0 aromatic heterocycles.